The van der Waals surface area contributed by atoms with E-state index in [4.69, 9.17) is 0 Å². The summed E-state index contributed by atoms with van der Waals surface area (Å²) in [5.74, 6) is 0. The number of allylic oxidation sites excluding steroid dienone is 2. The lowest BCUT2D eigenvalue weighted by Crippen LogP contribution is -1.83. The van der Waals surface area contributed by atoms with Crippen LogP contribution in [-0.2, 0) is 6.42 Å². The van der Waals surface area contributed by atoms with Gasteiger partial charge in [-0.05, 0) is 36.5 Å². The first-order chi connectivity index (χ1) is 7.17. The summed E-state index contributed by atoms with van der Waals surface area (Å²) in [6.45, 7) is 10.5. The van der Waals surface area contributed by atoms with Crippen LogP contribution in [0.15, 0.2) is 42.0 Å². The van der Waals surface area contributed by atoms with Gasteiger partial charge in [0.2, 0.25) is 0 Å². The van der Waals surface area contributed by atoms with Gasteiger partial charge in [0.25, 0.3) is 0 Å². The van der Waals surface area contributed by atoms with Gasteiger partial charge in [-0.15, -0.1) is 0 Å². The monoisotopic (exact) mass is 200 g/mol. The Morgan fingerprint density at radius 3 is 2.27 bits per heavy atom. The van der Waals surface area contributed by atoms with E-state index in [0.29, 0.717) is 0 Å². The van der Waals surface area contributed by atoms with Crippen LogP contribution in [0.5, 0.6) is 0 Å². The van der Waals surface area contributed by atoms with Crippen molar-refractivity contribution in [3.05, 3.63) is 53.1 Å². The van der Waals surface area contributed by atoms with Crippen LogP contribution in [0.3, 0.4) is 0 Å². The molecule has 0 saturated heterocycles. The standard InChI is InChI=1S/C15H20/c1-5-12(3)13(4)11-15-9-7-14(6-2)8-10-15/h7-11H,3,5-6H2,1-2,4H3/b13-11+. The van der Waals surface area contributed by atoms with Crippen molar-refractivity contribution < 1.29 is 0 Å². The summed E-state index contributed by atoms with van der Waals surface area (Å²) in [6.07, 6.45) is 4.32. The zero-order chi connectivity index (χ0) is 11.3. The summed E-state index contributed by atoms with van der Waals surface area (Å²) in [5, 5.41) is 0. The molecule has 0 aromatic heterocycles. The Kier molecular flexibility index (Phi) is 4.36. The lowest BCUT2D eigenvalue weighted by Gasteiger charge is -2.03. The first-order valence-corrected chi connectivity index (χ1v) is 5.62. The molecule has 1 rings (SSSR count). The van der Waals surface area contributed by atoms with Gasteiger partial charge in [-0.2, -0.15) is 0 Å². The first kappa shape index (κ1) is 11.8. The molecule has 1 aromatic rings. The van der Waals surface area contributed by atoms with Gasteiger partial charge in [0, 0.05) is 0 Å². The first-order valence-electron chi connectivity index (χ1n) is 5.62. The summed E-state index contributed by atoms with van der Waals surface area (Å²) in [5.41, 5.74) is 5.15. The van der Waals surface area contributed by atoms with Gasteiger partial charge in [0.05, 0.1) is 0 Å². The highest BCUT2D eigenvalue weighted by Crippen LogP contribution is 2.15. The second-order valence-electron chi connectivity index (χ2n) is 3.88. The number of rotatable bonds is 4. The average Bonchev–Trinajstić information content (AvgIpc) is 2.29. The molecule has 0 atom stereocenters. The van der Waals surface area contributed by atoms with Gasteiger partial charge in [-0.3, -0.25) is 0 Å². The van der Waals surface area contributed by atoms with E-state index in [1.165, 1.54) is 22.3 Å². The van der Waals surface area contributed by atoms with Gasteiger partial charge in [-0.1, -0.05) is 56.3 Å². The van der Waals surface area contributed by atoms with E-state index in [0.717, 1.165) is 12.8 Å². The highest BCUT2D eigenvalue weighted by atomic mass is 14.0. The van der Waals surface area contributed by atoms with Crippen molar-refractivity contribution in [2.24, 2.45) is 0 Å². The third-order valence-corrected chi connectivity index (χ3v) is 2.76. The van der Waals surface area contributed by atoms with Crippen LogP contribution in [0, 0.1) is 0 Å². The van der Waals surface area contributed by atoms with Crippen molar-refractivity contribution in [2.45, 2.75) is 33.6 Å². The molecule has 0 bridgehead atoms. The molecule has 80 valence electrons. The molecule has 0 unspecified atom stereocenters. The lowest BCUT2D eigenvalue weighted by molar-refractivity contribution is 1.12. The molecule has 0 heteroatoms. The summed E-state index contributed by atoms with van der Waals surface area (Å²) in [4.78, 5) is 0. The van der Waals surface area contributed by atoms with E-state index in [-0.39, 0.29) is 0 Å². The van der Waals surface area contributed by atoms with E-state index in [9.17, 15) is 0 Å². The van der Waals surface area contributed by atoms with Crippen LogP contribution in [0.25, 0.3) is 6.08 Å². The predicted molar refractivity (Wildman–Crippen MR) is 68.9 cm³/mol. The number of aryl methyl sites for hydroxylation is 1. The van der Waals surface area contributed by atoms with Crippen LogP contribution >= 0.6 is 0 Å². The van der Waals surface area contributed by atoms with E-state index < -0.39 is 0 Å². The minimum Gasteiger partial charge on any atom is -0.0956 e. The molecule has 0 fully saturated rings. The fraction of sp³-hybridized carbons (Fsp3) is 0.333. The Morgan fingerprint density at radius 2 is 1.80 bits per heavy atom. The third kappa shape index (κ3) is 3.39. The van der Waals surface area contributed by atoms with Crippen molar-refractivity contribution in [3.8, 4) is 0 Å². The van der Waals surface area contributed by atoms with Crippen LogP contribution < -0.4 is 0 Å². The highest BCUT2D eigenvalue weighted by molar-refractivity contribution is 5.57. The van der Waals surface area contributed by atoms with Gasteiger partial charge in [0.1, 0.15) is 0 Å². The van der Waals surface area contributed by atoms with Crippen molar-refractivity contribution in [1.29, 1.82) is 0 Å². The molecule has 0 spiro atoms. The van der Waals surface area contributed by atoms with Crippen LogP contribution in [-0.4, -0.2) is 0 Å². The van der Waals surface area contributed by atoms with Crippen molar-refractivity contribution in [2.75, 3.05) is 0 Å². The fourth-order valence-corrected chi connectivity index (χ4v) is 1.48. The van der Waals surface area contributed by atoms with Gasteiger partial charge < -0.3 is 0 Å². The molecular weight excluding hydrogens is 180 g/mol. The molecule has 0 aliphatic carbocycles. The van der Waals surface area contributed by atoms with E-state index in [1.807, 2.05) is 0 Å². The average molecular weight is 200 g/mol. The zero-order valence-electron chi connectivity index (χ0n) is 10.0. The topological polar surface area (TPSA) is 0 Å². The smallest absolute Gasteiger partial charge is 0.0254 e. The molecule has 0 saturated carbocycles. The maximum absolute atomic E-state index is 4.03. The second kappa shape index (κ2) is 5.55. The molecule has 0 aliphatic heterocycles. The van der Waals surface area contributed by atoms with Crippen LogP contribution in [0.2, 0.25) is 0 Å². The van der Waals surface area contributed by atoms with Crippen molar-refractivity contribution in [3.63, 3.8) is 0 Å². The zero-order valence-corrected chi connectivity index (χ0v) is 10.0. The van der Waals surface area contributed by atoms with Crippen molar-refractivity contribution in [1.82, 2.24) is 0 Å². The maximum atomic E-state index is 4.03. The van der Waals surface area contributed by atoms with E-state index in [2.05, 4.69) is 57.7 Å². The minimum absolute atomic E-state index is 1.02. The lowest BCUT2D eigenvalue weighted by atomic mass is 10.0. The maximum Gasteiger partial charge on any atom is -0.0254 e. The minimum atomic E-state index is 1.02. The predicted octanol–water partition coefficient (Wildman–Crippen LogP) is 4.62. The Balaban J connectivity index is 2.84. The number of hydrogen-bond acceptors (Lipinski definition) is 0. The van der Waals surface area contributed by atoms with Crippen molar-refractivity contribution >= 4 is 6.08 Å². The second-order valence-corrected chi connectivity index (χ2v) is 3.88. The third-order valence-electron chi connectivity index (χ3n) is 2.76. The largest absolute Gasteiger partial charge is 0.0956 e. The van der Waals surface area contributed by atoms with Gasteiger partial charge in [0.15, 0.2) is 0 Å². The van der Waals surface area contributed by atoms with Gasteiger partial charge >= 0.3 is 0 Å². The number of hydrogen-bond donors (Lipinski definition) is 0. The molecule has 0 nitrogen and oxygen atoms in total. The quantitative estimate of drug-likeness (QED) is 0.622. The number of benzene rings is 1. The normalized spacial score (nSPS) is 11.5. The van der Waals surface area contributed by atoms with Crippen LogP contribution in [0.4, 0.5) is 0 Å². The summed E-state index contributed by atoms with van der Waals surface area (Å²) in [6, 6.07) is 8.72. The Labute approximate surface area is 93.3 Å². The van der Waals surface area contributed by atoms with Gasteiger partial charge in [-0.25, -0.2) is 0 Å². The molecule has 0 aliphatic rings. The molecule has 0 N–H and O–H groups in total. The molecule has 0 amide bonds. The summed E-state index contributed by atoms with van der Waals surface area (Å²) < 4.78 is 0. The van der Waals surface area contributed by atoms with E-state index >= 15 is 0 Å². The Hall–Kier alpha value is -1.30. The van der Waals surface area contributed by atoms with E-state index in [1.54, 1.807) is 0 Å². The molecule has 15 heavy (non-hydrogen) atoms. The Bertz CT molecular complexity index is 352. The Morgan fingerprint density at radius 1 is 1.20 bits per heavy atom. The van der Waals surface area contributed by atoms with Crippen LogP contribution in [0.1, 0.15) is 38.3 Å². The molecule has 0 heterocycles. The SMILES string of the molecule is C=C(CC)/C(C)=C/c1ccc(CC)cc1. The summed E-state index contributed by atoms with van der Waals surface area (Å²) in [7, 11) is 0. The summed E-state index contributed by atoms with van der Waals surface area (Å²) >= 11 is 0. The fourth-order valence-electron chi connectivity index (χ4n) is 1.48. The molecule has 0 radical (unpaired) electrons. The molecular formula is C15H20. The molecule has 1 aromatic carbocycles. The highest BCUT2D eigenvalue weighted by Gasteiger charge is 1.95.